The number of rotatable bonds is 5. The third kappa shape index (κ3) is 4.43. The van der Waals surface area contributed by atoms with E-state index in [0.717, 1.165) is 11.4 Å². The molecular weight excluding hydrogens is 448 g/mol. The molecule has 0 saturated carbocycles. The fourth-order valence-corrected chi connectivity index (χ4v) is 3.67. The highest BCUT2D eigenvalue weighted by molar-refractivity contribution is 5.72. The predicted molar refractivity (Wildman–Crippen MR) is 136 cm³/mol. The lowest BCUT2D eigenvalue weighted by molar-refractivity contribution is 1.10. The Morgan fingerprint density at radius 2 is 0.611 bits per heavy atom. The van der Waals surface area contributed by atoms with Crippen molar-refractivity contribution in [2.75, 3.05) is 0 Å². The molecule has 0 spiro atoms. The lowest BCUT2D eigenvalue weighted by Gasteiger charge is -2.10. The summed E-state index contributed by atoms with van der Waals surface area (Å²) in [5.41, 5.74) is 5.31. The van der Waals surface area contributed by atoms with Gasteiger partial charge in [-0.1, -0.05) is 24.3 Å². The molecule has 0 fully saturated rings. The van der Waals surface area contributed by atoms with E-state index in [1.807, 2.05) is 84.9 Å². The molecule has 36 heavy (non-hydrogen) atoms. The molecule has 0 saturated heterocycles. The summed E-state index contributed by atoms with van der Waals surface area (Å²) in [5.74, 6) is 0.956. The SMILES string of the molecule is c1ccc(-c2cc(-c3cc(-c4ccccn4)nc(-c4ccccn4)n3)nc(-c3ccccn3)n2)nc1. The summed E-state index contributed by atoms with van der Waals surface area (Å²) in [4.78, 5) is 37.1. The molecule has 0 radical (unpaired) electrons. The van der Waals surface area contributed by atoms with E-state index in [9.17, 15) is 0 Å². The molecule has 8 nitrogen and oxygen atoms in total. The molecule has 0 aliphatic heterocycles. The zero-order chi connectivity index (χ0) is 24.2. The molecule has 0 bridgehead atoms. The van der Waals surface area contributed by atoms with Gasteiger partial charge in [-0.15, -0.1) is 0 Å². The predicted octanol–water partition coefficient (Wildman–Crippen LogP) is 5.18. The standard InChI is InChI=1S/C28H18N8/c1-5-13-29-19(9-1)23-17-25(35-27(33-23)21-11-3-7-15-31-21)26-18-24(20-10-2-6-14-30-20)34-28(36-26)22-12-4-8-16-32-22/h1-18H. The Morgan fingerprint density at radius 1 is 0.306 bits per heavy atom. The van der Waals surface area contributed by atoms with E-state index in [4.69, 9.17) is 19.9 Å². The maximum Gasteiger partial charge on any atom is 0.179 e. The van der Waals surface area contributed by atoms with Gasteiger partial charge >= 0.3 is 0 Å². The zero-order valence-corrected chi connectivity index (χ0v) is 19.0. The molecular formula is C28H18N8. The summed E-state index contributed by atoms with van der Waals surface area (Å²) >= 11 is 0. The van der Waals surface area contributed by atoms with Crippen LogP contribution in [0.1, 0.15) is 0 Å². The van der Waals surface area contributed by atoms with Crippen molar-refractivity contribution in [3.63, 3.8) is 0 Å². The Morgan fingerprint density at radius 3 is 0.917 bits per heavy atom. The number of aromatic nitrogens is 8. The van der Waals surface area contributed by atoms with E-state index in [1.165, 1.54) is 0 Å². The van der Waals surface area contributed by atoms with Crippen molar-refractivity contribution in [3.05, 3.63) is 110 Å². The lowest BCUT2D eigenvalue weighted by atomic mass is 10.1. The molecule has 6 aromatic heterocycles. The second kappa shape index (κ2) is 9.55. The first-order valence-electron chi connectivity index (χ1n) is 11.3. The second-order valence-corrected chi connectivity index (χ2v) is 7.78. The minimum absolute atomic E-state index is 0.478. The van der Waals surface area contributed by atoms with Crippen molar-refractivity contribution in [1.82, 2.24) is 39.9 Å². The van der Waals surface area contributed by atoms with Crippen molar-refractivity contribution in [2.24, 2.45) is 0 Å². The molecule has 6 rings (SSSR count). The maximum absolute atomic E-state index is 4.84. The molecule has 0 amide bonds. The first-order chi connectivity index (χ1) is 17.8. The van der Waals surface area contributed by atoms with E-state index in [0.29, 0.717) is 45.8 Å². The van der Waals surface area contributed by atoms with Gasteiger partial charge in [-0.3, -0.25) is 19.9 Å². The average Bonchev–Trinajstić information content (AvgIpc) is 2.98. The Hall–Kier alpha value is -5.24. The second-order valence-electron chi connectivity index (χ2n) is 7.78. The maximum atomic E-state index is 4.84. The van der Waals surface area contributed by atoms with Crippen LogP contribution in [0.15, 0.2) is 110 Å². The van der Waals surface area contributed by atoms with Crippen LogP contribution in [0.4, 0.5) is 0 Å². The van der Waals surface area contributed by atoms with Crippen LogP contribution in [0.25, 0.3) is 57.2 Å². The fourth-order valence-electron chi connectivity index (χ4n) is 3.67. The zero-order valence-electron chi connectivity index (χ0n) is 19.0. The van der Waals surface area contributed by atoms with Crippen LogP contribution in [0.3, 0.4) is 0 Å². The Balaban J connectivity index is 1.58. The number of pyridine rings is 4. The van der Waals surface area contributed by atoms with Crippen molar-refractivity contribution in [2.45, 2.75) is 0 Å². The van der Waals surface area contributed by atoms with Crippen LogP contribution in [0, 0.1) is 0 Å². The van der Waals surface area contributed by atoms with Gasteiger partial charge in [-0.05, 0) is 60.7 Å². The Bertz CT molecular complexity index is 1370. The molecule has 0 aromatic carbocycles. The van der Waals surface area contributed by atoms with Crippen molar-refractivity contribution in [3.8, 4) is 57.2 Å². The normalized spacial score (nSPS) is 10.8. The van der Waals surface area contributed by atoms with E-state index < -0.39 is 0 Å². The molecule has 0 aliphatic carbocycles. The van der Waals surface area contributed by atoms with Crippen molar-refractivity contribution < 1.29 is 0 Å². The molecule has 6 heterocycles. The lowest BCUT2D eigenvalue weighted by Crippen LogP contribution is -2.01. The van der Waals surface area contributed by atoms with Gasteiger partial charge in [0, 0.05) is 24.8 Å². The highest BCUT2D eigenvalue weighted by Crippen LogP contribution is 2.28. The summed E-state index contributed by atoms with van der Waals surface area (Å²) in [6.07, 6.45) is 6.91. The highest BCUT2D eigenvalue weighted by Gasteiger charge is 2.16. The average molecular weight is 467 g/mol. The minimum atomic E-state index is 0.478. The van der Waals surface area contributed by atoms with E-state index in [-0.39, 0.29) is 0 Å². The summed E-state index contributed by atoms with van der Waals surface area (Å²) < 4.78 is 0. The molecule has 6 aromatic rings. The number of hydrogen-bond acceptors (Lipinski definition) is 8. The molecule has 0 aliphatic rings. The number of hydrogen-bond donors (Lipinski definition) is 0. The summed E-state index contributed by atoms with van der Waals surface area (Å²) in [6, 6.07) is 26.4. The van der Waals surface area contributed by atoms with Gasteiger partial charge < -0.3 is 0 Å². The van der Waals surface area contributed by atoms with Crippen LogP contribution in [0.5, 0.6) is 0 Å². The van der Waals surface area contributed by atoms with Crippen LogP contribution >= 0.6 is 0 Å². The Labute approximate surface area is 206 Å². The molecule has 8 heteroatoms. The fraction of sp³-hybridized carbons (Fsp3) is 0. The third-order valence-electron chi connectivity index (χ3n) is 5.36. The first-order valence-corrected chi connectivity index (χ1v) is 11.3. The van der Waals surface area contributed by atoms with Gasteiger partial charge in [0.05, 0.1) is 34.2 Å². The smallest absolute Gasteiger partial charge is 0.179 e. The van der Waals surface area contributed by atoms with Crippen LogP contribution in [-0.2, 0) is 0 Å². The van der Waals surface area contributed by atoms with Crippen LogP contribution in [-0.4, -0.2) is 39.9 Å². The molecule has 170 valence electrons. The third-order valence-corrected chi connectivity index (χ3v) is 5.36. The van der Waals surface area contributed by atoms with E-state index >= 15 is 0 Å². The summed E-state index contributed by atoms with van der Waals surface area (Å²) in [5, 5.41) is 0. The van der Waals surface area contributed by atoms with Crippen LogP contribution < -0.4 is 0 Å². The quantitative estimate of drug-likeness (QED) is 0.342. The Kier molecular flexibility index (Phi) is 5.65. The number of nitrogens with zero attached hydrogens (tertiary/aromatic N) is 8. The molecule has 0 atom stereocenters. The summed E-state index contributed by atoms with van der Waals surface area (Å²) in [7, 11) is 0. The van der Waals surface area contributed by atoms with E-state index in [2.05, 4.69) is 19.9 Å². The van der Waals surface area contributed by atoms with Gasteiger partial charge in [0.2, 0.25) is 0 Å². The van der Waals surface area contributed by atoms with Gasteiger partial charge in [-0.25, -0.2) is 19.9 Å². The van der Waals surface area contributed by atoms with Gasteiger partial charge in [0.15, 0.2) is 11.6 Å². The van der Waals surface area contributed by atoms with Crippen molar-refractivity contribution in [1.29, 1.82) is 0 Å². The van der Waals surface area contributed by atoms with Crippen molar-refractivity contribution >= 4 is 0 Å². The molecule has 0 N–H and O–H groups in total. The monoisotopic (exact) mass is 466 g/mol. The van der Waals surface area contributed by atoms with Gasteiger partial charge in [0.1, 0.15) is 11.4 Å². The summed E-state index contributed by atoms with van der Waals surface area (Å²) in [6.45, 7) is 0. The highest BCUT2D eigenvalue weighted by atomic mass is 15.0. The minimum Gasteiger partial charge on any atom is -0.255 e. The topological polar surface area (TPSA) is 103 Å². The van der Waals surface area contributed by atoms with Crippen LogP contribution in [0.2, 0.25) is 0 Å². The van der Waals surface area contributed by atoms with E-state index in [1.54, 1.807) is 24.8 Å². The molecule has 0 unspecified atom stereocenters. The van der Waals surface area contributed by atoms with Gasteiger partial charge in [-0.2, -0.15) is 0 Å². The first kappa shape index (κ1) is 21.3. The largest absolute Gasteiger partial charge is 0.255 e. The van der Waals surface area contributed by atoms with Gasteiger partial charge in [0.25, 0.3) is 0 Å².